The number of aliphatic hydroxyl groups is 3. The molecule has 1 unspecified atom stereocenters. The van der Waals surface area contributed by atoms with Gasteiger partial charge in [0.1, 0.15) is 12.0 Å². The fourth-order valence-corrected chi connectivity index (χ4v) is 3.75. The van der Waals surface area contributed by atoms with E-state index in [0.717, 1.165) is 0 Å². The zero-order chi connectivity index (χ0) is 14.3. The molecular formula is C11H15NO6S. The highest BCUT2D eigenvalue weighted by atomic mass is 32.2. The normalized spacial score (nSPS) is 27.5. The van der Waals surface area contributed by atoms with Crippen molar-refractivity contribution in [3.8, 4) is 0 Å². The van der Waals surface area contributed by atoms with Gasteiger partial charge >= 0.3 is 5.97 Å². The first-order valence-electron chi connectivity index (χ1n) is 5.75. The van der Waals surface area contributed by atoms with Crippen LogP contribution in [0.2, 0.25) is 0 Å². The summed E-state index contributed by atoms with van der Waals surface area (Å²) in [5.74, 6) is -1.42. The number of aliphatic hydroxyl groups excluding tert-OH is 2. The molecule has 2 aliphatic rings. The first-order valence-corrected chi connectivity index (χ1v) is 6.63. The van der Waals surface area contributed by atoms with Gasteiger partial charge in [0.25, 0.3) is 0 Å². The van der Waals surface area contributed by atoms with Gasteiger partial charge in [0.2, 0.25) is 5.91 Å². The van der Waals surface area contributed by atoms with E-state index in [0.29, 0.717) is 4.91 Å². The van der Waals surface area contributed by atoms with Gasteiger partial charge in [-0.05, 0) is 6.92 Å². The predicted octanol–water partition coefficient (Wildman–Crippen LogP) is -1.02. The maximum Gasteiger partial charge on any atom is 0.302 e. The summed E-state index contributed by atoms with van der Waals surface area (Å²) >= 11 is 1.21. The third-order valence-corrected chi connectivity index (χ3v) is 4.42. The van der Waals surface area contributed by atoms with Crippen LogP contribution in [0.5, 0.6) is 0 Å². The van der Waals surface area contributed by atoms with Gasteiger partial charge in [-0.1, -0.05) is 11.8 Å². The second-order valence-corrected chi connectivity index (χ2v) is 5.66. The van der Waals surface area contributed by atoms with Crippen molar-refractivity contribution in [3.63, 3.8) is 0 Å². The molecule has 0 aliphatic carbocycles. The minimum Gasteiger partial charge on any atom is -0.460 e. The molecule has 7 nitrogen and oxygen atoms in total. The number of esters is 1. The smallest absolute Gasteiger partial charge is 0.302 e. The lowest BCUT2D eigenvalue weighted by Crippen LogP contribution is -2.61. The van der Waals surface area contributed by atoms with Crippen LogP contribution in [-0.2, 0) is 14.3 Å². The summed E-state index contributed by atoms with van der Waals surface area (Å²) in [4.78, 5) is 24.3. The molecule has 0 aromatic heterocycles. The Balaban J connectivity index is 2.19. The van der Waals surface area contributed by atoms with Crippen molar-refractivity contribution in [2.75, 3.05) is 6.61 Å². The van der Waals surface area contributed by atoms with Gasteiger partial charge in [0, 0.05) is 11.8 Å². The molecule has 0 saturated carbocycles. The first kappa shape index (κ1) is 14.3. The van der Waals surface area contributed by atoms with E-state index < -0.39 is 24.3 Å². The molecule has 8 heteroatoms. The molecule has 0 radical (unpaired) electrons. The molecule has 19 heavy (non-hydrogen) atoms. The number of fused-ring (bicyclic) bond motifs is 1. The number of ether oxygens (including phenoxy) is 1. The molecule has 1 amide bonds. The lowest BCUT2D eigenvalue weighted by atomic mass is 9.92. The summed E-state index contributed by atoms with van der Waals surface area (Å²) in [5, 5.41) is 27.8. The highest BCUT2D eigenvalue weighted by molar-refractivity contribution is 8.04. The minimum atomic E-state index is -1.82. The Bertz CT molecular complexity index is 446. The zero-order valence-electron chi connectivity index (χ0n) is 10.4. The SMILES string of the molecule is CC(=O)OCC1=C(C(O)O)N2C(=O)[C@H]([C@@H](C)O)C2S1. The van der Waals surface area contributed by atoms with Crippen LogP contribution in [0.25, 0.3) is 0 Å². The quantitative estimate of drug-likeness (QED) is 0.345. The summed E-state index contributed by atoms with van der Waals surface area (Å²) in [7, 11) is 0. The Labute approximate surface area is 113 Å². The number of amides is 1. The van der Waals surface area contributed by atoms with E-state index in [1.54, 1.807) is 0 Å². The Hall–Kier alpha value is -1.09. The number of thioether (sulfide) groups is 1. The number of nitrogens with zero attached hydrogens (tertiary/aromatic N) is 1. The van der Waals surface area contributed by atoms with E-state index in [9.17, 15) is 24.9 Å². The van der Waals surface area contributed by atoms with Crippen molar-refractivity contribution < 1.29 is 29.6 Å². The monoisotopic (exact) mass is 289 g/mol. The Morgan fingerprint density at radius 3 is 2.58 bits per heavy atom. The fourth-order valence-electron chi connectivity index (χ4n) is 2.20. The van der Waals surface area contributed by atoms with Crippen LogP contribution in [-0.4, -0.2) is 56.5 Å². The largest absolute Gasteiger partial charge is 0.460 e. The van der Waals surface area contributed by atoms with E-state index in [2.05, 4.69) is 0 Å². The lowest BCUT2D eigenvalue weighted by molar-refractivity contribution is -0.157. The van der Waals surface area contributed by atoms with Gasteiger partial charge in [-0.2, -0.15) is 0 Å². The molecule has 3 atom stereocenters. The zero-order valence-corrected chi connectivity index (χ0v) is 11.3. The molecule has 2 rings (SSSR count). The second-order valence-electron chi connectivity index (χ2n) is 4.45. The number of hydrogen-bond acceptors (Lipinski definition) is 7. The minimum absolute atomic E-state index is 0.0400. The van der Waals surface area contributed by atoms with Gasteiger partial charge in [-0.25, -0.2) is 0 Å². The maximum atomic E-state index is 11.9. The van der Waals surface area contributed by atoms with E-state index >= 15 is 0 Å². The van der Waals surface area contributed by atoms with Crippen LogP contribution in [0.1, 0.15) is 13.8 Å². The van der Waals surface area contributed by atoms with Gasteiger partial charge in [0.05, 0.1) is 17.7 Å². The molecule has 1 saturated heterocycles. The van der Waals surface area contributed by atoms with Crippen molar-refractivity contribution in [1.82, 2.24) is 4.90 Å². The molecule has 0 aromatic carbocycles. The van der Waals surface area contributed by atoms with Crippen LogP contribution in [0.4, 0.5) is 0 Å². The third-order valence-electron chi connectivity index (χ3n) is 3.06. The average molecular weight is 289 g/mol. The van der Waals surface area contributed by atoms with Gasteiger partial charge in [-0.15, -0.1) is 0 Å². The van der Waals surface area contributed by atoms with Crippen molar-refractivity contribution in [3.05, 3.63) is 10.6 Å². The summed E-state index contributed by atoms with van der Waals surface area (Å²) in [6.07, 6.45) is -2.63. The van der Waals surface area contributed by atoms with E-state index in [4.69, 9.17) is 4.74 Å². The number of β-lactam (4-membered cyclic amide) rings is 1. The second kappa shape index (κ2) is 5.12. The number of carbonyl (C=O) groups excluding carboxylic acids is 2. The molecular weight excluding hydrogens is 274 g/mol. The fraction of sp³-hybridized carbons (Fsp3) is 0.636. The predicted molar refractivity (Wildman–Crippen MR) is 65.3 cm³/mol. The van der Waals surface area contributed by atoms with E-state index in [1.165, 1.54) is 30.5 Å². The topological polar surface area (TPSA) is 107 Å². The lowest BCUT2D eigenvalue weighted by Gasteiger charge is -2.44. The van der Waals surface area contributed by atoms with Crippen molar-refractivity contribution in [1.29, 1.82) is 0 Å². The highest BCUT2D eigenvalue weighted by Gasteiger charge is 2.57. The van der Waals surface area contributed by atoms with Crippen molar-refractivity contribution >= 4 is 23.6 Å². The van der Waals surface area contributed by atoms with Gasteiger partial charge < -0.3 is 20.1 Å². The summed E-state index contributed by atoms with van der Waals surface area (Å²) in [6.45, 7) is 2.65. The Kier molecular flexibility index (Phi) is 3.86. The number of rotatable bonds is 4. The maximum absolute atomic E-state index is 11.9. The molecule has 0 bridgehead atoms. The van der Waals surface area contributed by atoms with Crippen LogP contribution >= 0.6 is 11.8 Å². The summed E-state index contributed by atoms with van der Waals surface area (Å²) in [6, 6.07) is 0. The van der Waals surface area contributed by atoms with Crippen molar-refractivity contribution in [2.45, 2.75) is 31.6 Å². The molecule has 0 spiro atoms. The van der Waals surface area contributed by atoms with Crippen LogP contribution in [0.3, 0.4) is 0 Å². The van der Waals surface area contributed by atoms with Gasteiger partial charge in [-0.3, -0.25) is 14.5 Å². The molecule has 106 valence electrons. The van der Waals surface area contributed by atoms with E-state index in [-0.39, 0.29) is 23.6 Å². The summed E-state index contributed by atoms with van der Waals surface area (Å²) < 4.78 is 4.82. The molecule has 0 aromatic rings. The summed E-state index contributed by atoms with van der Waals surface area (Å²) in [5.41, 5.74) is 0.0400. The highest BCUT2D eigenvalue weighted by Crippen LogP contribution is 2.50. The van der Waals surface area contributed by atoms with E-state index in [1.807, 2.05) is 0 Å². The van der Waals surface area contributed by atoms with Crippen LogP contribution in [0.15, 0.2) is 10.6 Å². The molecule has 3 N–H and O–H groups in total. The van der Waals surface area contributed by atoms with Crippen LogP contribution < -0.4 is 0 Å². The number of hydrogen-bond donors (Lipinski definition) is 3. The molecule has 2 heterocycles. The molecule has 2 aliphatic heterocycles. The molecule has 1 fully saturated rings. The Morgan fingerprint density at radius 1 is 1.47 bits per heavy atom. The third kappa shape index (κ3) is 2.36. The van der Waals surface area contributed by atoms with Crippen LogP contribution in [0, 0.1) is 5.92 Å². The number of carbonyl (C=O) groups is 2. The standard InChI is InChI=1S/C11H15NO6S/c1-4(13)7-9(15)12-8(11(16)17)6(19-10(7)12)3-18-5(2)14/h4,7,10-11,13,16-17H,3H2,1-2H3/t4-,7+,10?/m1/s1. The average Bonchev–Trinajstić information content (AvgIpc) is 2.60. The van der Waals surface area contributed by atoms with Gasteiger partial charge in [0.15, 0.2) is 6.29 Å². The first-order chi connectivity index (χ1) is 8.84. The van der Waals surface area contributed by atoms with Crippen molar-refractivity contribution in [2.24, 2.45) is 5.92 Å². The Morgan fingerprint density at radius 2 is 2.11 bits per heavy atom.